The van der Waals surface area contributed by atoms with Crippen molar-refractivity contribution in [3.8, 4) is 0 Å². The summed E-state index contributed by atoms with van der Waals surface area (Å²) in [6, 6.07) is 0. The third-order valence-electron chi connectivity index (χ3n) is 7.11. The number of hydrogen-bond acceptors (Lipinski definition) is 7. The van der Waals surface area contributed by atoms with Gasteiger partial charge in [-0.05, 0) is 44.9 Å². The summed E-state index contributed by atoms with van der Waals surface area (Å²) in [5, 5.41) is 10.1. The van der Waals surface area contributed by atoms with Crippen LogP contribution in [0, 0.1) is 0 Å². The zero-order valence-corrected chi connectivity index (χ0v) is 30.4. The quantitative estimate of drug-likeness (QED) is 0.0213. The highest BCUT2D eigenvalue weighted by molar-refractivity contribution is 7.46. The fraction of sp³-hybridized carbons (Fsp3) is 0.632. The highest BCUT2D eigenvalue weighted by atomic mass is 31.2. The predicted molar refractivity (Wildman–Crippen MR) is 194 cm³/mol. The van der Waals surface area contributed by atoms with E-state index in [2.05, 4.69) is 67.0 Å². The Kier molecular flexibility index (Phi) is 31.2. The molecule has 0 rings (SSSR count). The molecule has 10 heteroatoms. The number of carbonyl (C=O) groups excluding carboxylic acids is 2. The number of rotatable bonds is 31. The summed E-state index contributed by atoms with van der Waals surface area (Å²) in [5.74, 6) is -1.18. The normalized spacial score (nSPS) is 14.0. The van der Waals surface area contributed by atoms with E-state index < -0.39 is 45.2 Å². The van der Waals surface area contributed by atoms with E-state index in [1.165, 1.54) is 38.5 Å². The first-order chi connectivity index (χ1) is 23.2. The van der Waals surface area contributed by atoms with E-state index in [0.717, 1.165) is 51.4 Å². The molecule has 0 aromatic heterocycles. The van der Waals surface area contributed by atoms with E-state index >= 15 is 0 Å². The number of allylic oxidation sites excluding steroid dienone is 11. The number of aliphatic hydroxyl groups excluding tert-OH is 1. The average Bonchev–Trinajstić information content (AvgIpc) is 3.05. The van der Waals surface area contributed by atoms with Crippen LogP contribution in [-0.4, -0.2) is 52.3 Å². The van der Waals surface area contributed by atoms with E-state index in [-0.39, 0.29) is 19.3 Å². The molecule has 9 nitrogen and oxygen atoms in total. The molecule has 0 heterocycles. The number of carbonyl (C=O) groups is 2. The van der Waals surface area contributed by atoms with E-state index in [0.29, 0.717) is 6.42 Å². The van der Waals surface area contributed by atoms with Crippen LogP contribution in [0.4, 0.5) is 0 Å². The highest BCUT2D eigenvalue weighted by Gasteiger charge is 2.23. The molecule has 0 saturated carbocycles. The van der Waals surface area contributed by atoms with Crippen LogP contribution in [0.15, 0.2) is 72.9 Å². The standard InChI is InChI=1S/C38H63O9P/c1-3-5-7-9-11-13-15-16-17-18-19-20-21-23-25-27-29-35(39)31-32-37(40)45-33-36(34-46-48(42,43)44)47-38(41)30-28-26-24-22-14-12-10-8-6-4-2/h5,7,11,13,16-17,19-20,23,25,27,29,35-36,39H,3-4,6,8-10,12,14-15,18,21-22,24,26,28,30-34H2,1-2H3,(H2,42,43,44)/b7-5-,13-11-,17-16-,20-19-,25-23-,29-27-/t35?,36-/m1/s1. The van der Waals surface area contributed by atoms with Gasteiger partial charge in [0.05, 0.1) is 12.7 Å². The first kappa shape index (κ1) is 45.5. The molecule has 0 saturated heterocycles. The van der Waals surface area contributed by atoms with Crippen LogP contribution >= 0.6 is 7.82 Å². The summed E-state index contributed by atoms with van der Waals surface area (Å²) >= 11 is 0. The lowest BCUT2D eigenvalue weighted by Crippen LogP contribution is -2.29. The second-order valence-electron chi connectivity index (χ2n) is 11.7. The largest absolute Gasteiger partial charge is 0.469 e. The summed E-state index contributed by atoms with van der Waals surface area (Å²) in [6.07, 6.45) is 38.2. The molecule has 0 aromatic carbocycles. The highest BCUT2D eigenvalue weighted by Crippen LogP contribution is 2.35. The molecule has 3 N–H and O–H groups in total. The van der Waals surface area contributed by atoms with Gasteiger partial charge in [0.1, 0.15) is 6.61 Å². The van der Waals surface area contributed by atoms with Crippen LogP contribution in [0.25, 0.3) is 0 Å². The fourth-order valence-electron chi connectivity index (χ4n) is 4.42. The van der Waals surface area contributed by atoms with Crippen LogP contribution in [0.5, 0.6) is 0 Å². The van der Waals surface area contributed by atoms with Crippen molar-refractivity contribution in [1.82, 2.24) is 0 Å². The summed E-state index contributed by atoms with van der Waals surface area (Å²) in [4.78, 5) is 42.6. The molecule has 1 unspecified atom stereocenters. The molecule has 0 fully saturated rings. The minimum Gasteiger partial charge on any atom is -0.462 e. The van der Waals surface area contributed by atoms with Gasteiger partial charge in [-0.3, -0.25) is 14.1 Å². The molecule has 2 atom stereocenters. The summed E-state index contributed by atoms with van der Waals surface area (Å²) in [5.41, 5.74) is 0. The van der Waals surface area contributed by atoms with Gasteiger partial charge >= 0.3 is 19.8 Å². The molecule has 0 aliphatic carbocycles. The number of ether oxygens (including phenoxy) is 2. The Bertz CT molecular complexity index is 1020. The first-order valence-electron chi connectivity index (χ1n) is 17.8. The SMILES string of the molecule is CC/C=C\C/C=C\C/C=C\C/C=C\C/C=C\C=C/C(O)CCC(=O)OC[C@H](COP(=O)(O)O)OC(=O)CCCCCCCCCCCC. The zero-order valence-electron chi connectivity index (χ0n) is 29.5. The van der Waals surface area contributed by atoms with Crippen LogP contribution in [-0.2, 0) is 28.2 Å². The van der Waals surface area contributed by atoms with Crippen LogP contribution in [0.1, 0.15) is 129 Å². The van der Waals surface area contributed by atoms with Crippen molar-refractivity contribution < 1.29 is 43.0 Å². The molecule has 48 heavy (non-hydrogen) atoms. The average molecular weight is 695 g/mol. The number of unbranched alkanes of at least 4 members (excludes halogenated alkanes) is 9. The van der Waals surface area contributed by atoms with Gasteiger partial charge in [0.15, 0.2) is 6.10 Å². The molecule has 0 aliphatic rings. The summed E-state index contributed by atoms with van der Waals surface area (Å²) < 4.78 is 26.0. The molecule has 274 valence electrons. The zero-order chi connectivity index (χ0) is 35.6. The second-order valence-corrected chi connectivity index (χ2v) is 12.9. The molecule has 0 radical (unpaired) electrons. The van der Waals surface area contributed by atoms with Crippen molar-refractivity contribution in [2.45, 2.75) is 142 Å². The second kappa shape index (κ2) is 33.0. The van der Waals surface area contributed by atoms with Crippen LogP contribution in [0.2, 0.25) is 0 Å². The molecule has 0 bridgehead atoms. The topological polar surface area (TPSA) is 140 Å². The molecule has 0 aromatic rings. The monoisotopic (exact) mass is 694 g/mol. The van der Waals surface area contributed by atoms with E-state index in [1.54, 1.807) is 12.2 Å². The minimum atomic E-state index is -4.80. The molecular weight excluding hydrogens is 631 g/mol. The van der Waals surface area contributed by atoms with Gasteiger partial charge in [-0.1, -0.05) is 145 Å². The van der Waals surface area contributed by atoms with Gasteiger partial charge in [-0.2, -0.15) is 0 Å². The lowest BCUT2D eigenvalue weighted by molar-refractivity contribution is -0.161. The van der Waals surface area contributed by atoms with Gasteiger partial charge in [0.2, 0.25) is 0 Å². The number of hydrogen-bond donors (Lipinski definition) is 3. The molecular formula is C38H63O9P. The minimum absolute atomic E-state index is 0.0875. The van der Waals surface area contributed by atoms with Crippen molar-refractivity contribution in [3.05, 3.63) is 72.9 Å². The number of esters is 2. The third kappa shape index (κ3) is 34.8. The van der Waals surface area contributed by atoms with Crippen molar-refractivity contribution in [1.29, 1.82) is 0 Å². The molecule has 0 spiro atoms. The predicted octanol–water partition coefficient (Wildman–Crippen LogP) is 9.31. The molecule has 0 aliphatic heterocycles. The fourth-order valence-corrected chi connectivity index (χ4v) is 4.78. The van der Waals surface area contributed by atoms with E-state index in [1.807, 2.05) is 12.2 Å². The Hall–Kier alpha value is -2.55. The maximum atomic E-state index is 12.3. The molecule has 0 amide bonds. The van der Waals surface area contributed by atoms with Gasteiger partial charge in [-0.15, -0.1) is 0 Å². The third-order valence-corrected chi connectivity index (χ3v) is 7.59. The number of phosphoric acid groups is 1. The maximum Gasteiger partial charge on any atom is 0.469 e. The van der Waals surface area contributed by atoms with Gasteiger partial charge in [-0.25, -0.2) is 4.57 Å². The van der Waals surface area contributed by atoms with Crippen LogP contribution in [0.3, 0.4) is 0 Å². The number of phosphoric ester groups is 1. The lowest BCUT2D eigenvalue weighted by Gasteiger charge is -2.18. The van der Waals surface area contributed by atoms with Crippen molar-refractivity contribution in [2.75, 3.05) is 13.2 Å². The first-order valence-corrected chi connectivity index (χ1v) is 19.4. The Morgan fingerprint density at radius 2 is 1.17 bits per heavy atom. The Morgan fingerprint density at radius 3 is 1.71 bits per heavy atom. The van der Waals surface area contributed by atoms with Gasteiger partial charge < -0.3 is 24.4 Å². The van der Waals surface area contributed by atoms with Gasteiger partial charge in [0.25, 0.3) is 0 Å². The summed E-state index contributed by atoms with van der Waals surface area (Å²) in [7, 11) is -4.80. The van der Waals surface area contributed by atoms with E-state index in [9.17, 15) is 19.3 Å². The Morgan fingerprint density at radius 1 is 0.646 bits per heavy atom. The van der Waals surface area contributed by atoms with E-state index in [4.69, 9.17) is 19.3 Å². The lowest BCUT2D eigenvalue weighted by atomic mass is 10.1. The van der Waals surface area contributed by atoms with Crippen LogP contribution < -0.4 is 0 Å². The number of aliphatic hydroxyl groups is 1. The van der Waals surface area contributed by atoms with Gasteiger partial charge in [0, 0.05) is 12.8 Å². The van der Waals surface area contributed by atoms with Crippen molar-refractivity contribution in [2.24, 2.45) is 0 Å². The van der Waals surface area contributed by atoms with Crippen molar-refractivity contribution >= 4 is 19.8 Å². The summed E-state index contributed by atoms with van der Waals surface area (Å²) in [6.45, 7) is 3.31. The maximum absolute atomic E-state index is 12.3. The Balaban J connectivity index is 4.26. The smallest absolute Gasteiger partial charge is 0.462 e. The Labute approximate surface area is 290 Å². The van der Waals surface area contributed by atoms with Crippen molar-refractivity contribution in [3.63, 3.8) is 0 Å².